The van der Waals surface area contributed by atoms with Gasteiger partial charge in [-0.3, -0.25) is 19.3 Å². The van der Waals surface area contributed by atoms with Crippen molar-refractivity contribution in [2.24, 2.45) is 0 Å². The van der Waals surface area contributed by atoms with Crippen molar-refractivity contribution < 1.29 is 14.5 Å². The molecular weight excluding hydrogens is 384 g/mol. The molecule has 0 aliphatic heterocycles. The number of hydrogen-bond acceptors (Lipinski definition) is 5. The Morgan fingerprint density at radius 2 is 1.90 bits per heavy atom. The number of ether oxygens (including phenoxy) is 1. The highest BCUT2D eigenvalue weighted by Gasteiger charge is 2.19. The number of hydrogen-bond donors (Lipinski definition) is 1. The number of anilines is 1. The number of benzene rings is 2. The van der Waals surface area contributed by atoms with E-state index in [4.69, 9.17) is 4.74 Å². The Kier molecular flexibility index (Phi) is 4.89. The molecule has 0 bridgehead atoms. The maximum atomic E-state index is 12.9. The Morgan fingerprint density at radius 1 is 1.13 bits per heavy atom. The molecule has 2 aromatic heterocycles. The molecule has 0 radical (unpaired) electrons. The van der Waals surface area contributed by atoms with Crippen LogP contribution in [0.3, 0.4) is 0 Å². The van der Waals surface area contributed by atoms with Gasteiger partial charge in [0.1, 0.15) is 22.9 Å². The van der Waals surface area contributed by atoms with Crippen molar-refractivity contribution in [2.75, 3.05) is 12.4 Å². The first-order valence-electron chi connectivity index (χ1n) is 9.15. The van der Waals surface area contributed by atoms with Crippen molar-refractivity contribution in [3.05, 3.63) is 88.1 Å². The Bertz CT molecular complexity index is 1260. The second kappa shape index (κ2) is 7.67. The second-order valence-electron chi connectivity index (χ2n) is 6.73. The Morgan fingerprint density at radius 3 is 2.60 bits per heavy atom. The third-order valence-corrected chi connectivity index (χ3v) is 4.68. The van der Waals surface area contributed by atoms with Gasteiger partial charge in [0.2, 0.25) is 0 Å². The molecule has 8 heteroatoms. The molecule has 4 rings (SSSR count). The molecule has 150 valence electrons. The third kappa shape index (κ3) is 3.58. The lowest BCUT2D eigenvalue weighted by molar-refractivity contribution is -0.384. The summed E-state index contributed by atoms with van der Waals surface area (Å²) in [7, 11) is 1.59. The van der Waals surface area contributed by atoms with E-state index >= 15 is 0 Å². The number of non-ortho nitro benzene ring substituents is 1. The van der Waals surface area contributed by atoms with E-state index in [-0.39, 0.29) is 11.3 Å². The molecule has 0 saturated carbocycles. The zero-order valence-electron chi connectivity index (χ0n) is 16.3. The van der Waals surface area contributed by atoms with Crippen LogP contribution in [0.5, 0.6) is 5.75 Å². The SMILES string of the molecule is COc1ccc(-c2nc3ccc(C)cn3c2NC(=O)c2cccc([N+](=O)[O-])c2)cc1. The van der Waals surface area contributed by atoms with Gasteiger partial charge in [0.15, 0.2) is 0 Å². The summed E-state index contributed by atoms with van der Waals surface area (Å²) in [4.78, 5) is 28.1. The number of carbonyl (C=O) groups excluding carboxylic acids is 1. The molecule has 0 atom stereocenters. The summed E-state index contributed by atoms with van der Waals surface area (Å²) in [5.41, 5.74) is 3.08. The van der Waals surface area contributed by atoms with Crippen LogP contribution in [0.25, 0.3) is 16.9 Å². The predicted molar refractivity (Wildman–Crippen MR) is 113 cm³/mol. The number of aryl methyl sites for hydroxylation is 1. The van der Waals surface area contributed by atoms with Crippen molar-refractivity contribution in [1.82, 2.24) is 9.38 Å². The number of carbonyl (C=O) groups is 1. The number of fused-ring (bicyclic) bond motifs is 1. The molecule has 0 aliphatic rings. The summed E-state index contributed by atoms with van der Waals surface area (Å²) in [5.74, 6) is 0.729. The number of methoxy groups -OCH3 is 1. The summed E-state index contributed by atoms with van der Waals surface area (Å²) in [5, 5.41) is 13.9. The first kappa shape index (κ1) is 19.1. The fourth-order valence-electron chi connectivity index (χ4n) is 3.16. The molecule has 30 heavy (non-hydrogen) atoms. The van der Waals surface area contributed by atoms with Crippen LogP contribution in [0.2, 0.25) is 0 Å². The molecule has 2 aromatic carbocycles. The summed E-state index contributed by atoms with van der Waals surface area (Å²) >= 11 is 0. The van der Waals surface area contributed by atoms with E-state index in [0.717, 1.165) is 11.1 Å². The first-order chi connectivity index (χ1) is 14.5. The number of nitrogens with zero attached hydrogens (tertiary/aromatic N) is 3. The van der Waals surface area contributed by atoms with E-state index in [1.54, 1.807) is 11.5 Å². The van der Waals surface area contributed by atoms with Crippen LogP contribution in [0.15, 0.2) is 66.9 Å². The van der Waals surface area contributed by atoms with Gasteiger partial charge in [-0.25, -0.2) is 4.98 Å². The van der Waals surface area contributed by atoms with Crippen LogP contribution in [-0.2, 0) is 0 Å². The number of imidazole rings is 1. The quantitative estimate of drug-likeness (QED) is 0.392. The zero-order valence-corrected chi connectivity index (χ0v) is 16.3. The first-order valence-corrected chi connectivity index (χ1v) is 9.15. The van der Waals surface area contributed by atoms with Gasteiger partial charge in [0, 0.05) is 29.5 Å². The van der Waals surface area contributed by atoms with Crippen LogP contribution >= 0.6 is 0 Å². The average molecular weight is 402 g/mol. The van der Waals surface area contributed by atoms with Gasteiger partial charge in [-0.2, -0.15) is 0 Å². The smallest absolute Gasteiger partial charge is 0.270 e. The second-order valence-corrected chi connectivity index (χ2v) is 6.73. The lowest BCUT2D eigenvalue weighted by atomic mass is 10.1. The number of nitrogens with one attached hydrogen (secondary N) is 1. The maximum absolute atomic E-state index is 12.9. The van der Waals surface area contributed by atoms with Crippen LogP contribution in [-0.4, -0.2) is 27.3 Å². The van der Waals surface area contributed by atoms with E-state index in [2.05, 4.69) is 10.3 Å². The molecule has 0 unspecified atom stereocenters. The molecule has 1 amide bonds. The average Bonchev–Trinajstić information content (AvgIpc) is 3.11. The Balaban J connectivity index is 1.80. The minimum absolute atomic E-state index is 0.146. The summed E-state index contributed by atoms with van der Waals surface area (Å²) < 4.78 is 7.01. The van der Waals surface area contributed by atoms with Gasteiger partial charge in [-0.05, 0) is 48.9 Å². The van der Waals surface area contributed by atoms with E-state index in [0.29, 0.717) is 22.9 Å². The molecular formula is C22H18N4O4. The van der Waals surface area contributed by atoms with E-state index in [1.807, 2.05) is 49.5 Å². The lowest BCUT2D eigenvalue weighted by Crippen LogP contribution is -2.14. The summed E-state index contributed by atoms with van der Waals surface area (Å²) in [6.45, 7) is 1.94. The van der Waals surface area contributed by atoms with Gasteiger partial charge in [0.05, 0.1) is 12.0 Å². The van der Waals surface area contributed by atoms with Gasteiger partial charge in [0.25, 0.3) is 11.6 Å². The van der Waals surface area contributed by atoms with Gasteiger partial charge in [-0.15, -0.1) is 0 Å². The number of aromatic nitrogens is 2. The number of nitro benzene ring substituents is 1. The number of nitro groups is 1. The topological polar surface area (TPSA) is 98.8 Å². The highest BCUT2D eigenvalue weighted by molar-refractivity contribution is 6.06. The van der Waals surface area contributed by atoms with Crippen LogP contribution in [0.1, 0.15) is 15.9 Å². The summed E-state index contributed by atoms with van der Waals surface area (Å²) in [6, 6.07) is 16.8. The Hall–Kier alpha value is -4.20. The zero-order chi connectivity index (χ0) is 21.3. The molecule has 0 spiro atoms. The van der Waals surface area contributed by atoms with Gasteiger partial charge in [-0.1, -0.05) is 12.1 Å². The molecule has 0 fully saturated rings. The number of pyridine rings is 1. The van der Waals surface area contributed by atoms with Crippen molar-refractivity contribution in [1.29, 1.82) is 0 Å². The monoisotopic (exact) mass is 402 g/mol. The molecule has 0 aliphatic carbocycles. The predicted octanol–water partition coefficient (Wildman–Crippen LogP) is 4.48. The standard InChI is InChI=1S/C22H18N4O4/c1-14-6-11-19-23-20(15-7-9-18(30-2)10-8-15)21(25(19)13-14)24-22(27)16-4-3-5-17(12-16)26(28)29/h3-13H,1-2H3,(H,24,27). The van der Waals surface area contributed by atoms with Crippen molar-refractivity contribution in [2.45, 2.75) is 6.92 Å². The molecule has 4 aromatic rings. The van der Waals surface area contributed by atoms with Crippen LogP contribution in [0.4, 0.5) is 11.5 Å². The Labute approximate surface area is 171 Å². The van der Waals surface area contributed by atoms with Gasteiger partial charge < -0.3 is 10.1 Å². The minimum atomic E-state index is -0.531. The number of amides is 1. The molecule has 1 N–H and O–H groups in total. The maximum Gasteiger partial charge on any atom is 0.270 e. The minimum Gasteiger partial charge on any atom is -0.497 e. The lowest BCUT2D eigenvalue weighted by Gasteiger charge is -2.09. The summed E-state index contributed by atoms with van der Waals surface area (Å²) in [6.07, 6.45) is 1.87. The fraction of sp³-hybridized carbons (Fsp3) is 0.0909. The normalized spacial score (nSPS) is 10.7. The van der Waals surface area contributed by atoms with Crippen LogP contribution in [0, 0.1) is 17.0 Å². The molecule has 0 saturated heterocycles. The highest BCUT2D eigenvalue weighted by atomic mass is 16.6. The number of rotatable bonds is 5. The van der Waals surface area contributed by atoms with Crippen molar-refractivity contribution >= 4 is 23.1 Å². The largest absolute Gasteiger partial charge is 0.497 e. The van der Waals surface area contributed by atoms with E-state index in [1.165, 1.54) is 24.3 Å². The van der Waals surface area contributed by atoms with Crippen molar-refractivity contribution in [3.63, 3.8) is 0 Å². The van der Waals surface area contributed by atoms with E-state index < -0.39 is 10.8 Å². The van der Waals surface area contributed by atoms with Crippen LogP contribution < -0.4 is 10.1 Å². The van der Waals surface area contributed by atoms with Crippen molar-refractivity contribution in [3.8, 4) is 17.0 Å². The third-order valence-electron chi connectivity index (χ3n) is 4.68. The fourth-order valence-corrected chi connectivity index (χ4v) is 3.16. The van der Waals surface area contributed by atoms with Gasteiger partial charge >= 0.3 is 0 Å². The molecule has 8 nitrogen and oxygen atoms in total. The highest BCUT2D eigenvalue weighted by Crippen LogP contribution is 2.31. The van der Waals surface area contributed by atoms with E-state index in [9.17, 15) is 14.9 Å². The molecule has 2 heterocycles.